The van der Waals surface area contributed by atoms with Gasteiger partial charge in [-0.15, -0.1) is 0 Å². The average molecular weight is 1140 g/mol. The summed E-state index contributed by atoms with van der Waals surface area (Å²) in [5, 5.41) is 0. The van der Waals surface area contributed by atoms with Crippen LogP contribution in [-0.4, -0.2) is 37.2 Å². The van der Waals surface area contributed by atoms with Crippen molar-refractivity contribution in [2.75, 3.05) is 13.2 Å². The molecule has 0 aromatic rings. The predicted octanol–water partition coefficient (Wildman–Crippen LogP) is 23.4. The minimum Gasteiger partial charge on any atom is -0.462 e. The summed E-state index contributed by atoms with van der Waals surface area (Å²) < 4.78 is 16.9. The van der Waals surface area contributed by atoms with Crippen LogP contribution in [0.2, 0.25) is 0 Å². The first-order valence-electron chi connectivity index (χ1n) is 33.6. The van der Waals surface area contributed by atoms with Crippen molar-refractivity contribution in [3.05, 3.63) is 170 Å². The van der Waals surface area contributed by atoms with Crippen LogP contribution in [0.5, 0.6) is 0 Å². The van der Waals surface area contributed by atoms with Crippen molar-refractivity contribution in [1.82, 2.24) is 0 Å². The fourth-order valence-electron chi connectivity index (χ4n) is 8.71. The molecule has 0 aromatic carbocycles. The van der Waals surface area contributed by atoms with Crippen LogP contribution in [0.3, 0.4) is 0 Å². The lowest BCUT2D eigenvalue weighted by atomic mass is 10.1. The van der Waals surface area contributed by atoms with Crippen LogP contribution in [0.25, 0.3) is 0 Å². The number of allylic oxidation sites excluding steroid dienone is 28. The lowest BCUT2D eigenvalue weighted by Crippen LogP contribution is -2.30. The Morgan fingerprint density at radius 3 is 0.747 bits per heavy atom. The highest BCUT2D eigenvalue weighted by Gasteiger charge is 2.19. The first-order chi connectivity index (χ1) is 41.0. The number of rotatable bonds is 59. The Balaban J connectivity index is 4.36. The molecular formula is C77H122O6. The molecule has 0 fully saturated rings. The molecule has 0 saturated heterocycles. The van der Waals surface area contributed by atoms with Gasteiger partial charge in [-0.2, -0.15) is 0 Å². The van der Waals surface area contributed by atoms with Gasteiger partial charge in [0, 0.05) is 19.3 Å². The first-order valence-corrected chi connectivity index (χ1v) is 33.6. The van der Waals surface area contributed by atoms with Crippen LogP contribution in [0, 0.1) is 0 Å². The number of ether oxygens (including phenoxy) is 3. The molecule has 0 bridgehead atoms. The Hall–Kier alpha value is -5.23. The van der Waals surface area contributed by atoms with Gasteiger partial charge < -0.3 is 14.2 Å². The van der Waals surface area contributed by atoms with Crippen molar-refractivity contribution < 1.29 is 28.6 Å². The quantitative estimate of drug-likeness (QED) is 0.0261. The minimum absolute atomic E-state index is 0.101. The molecule has 0 aliphatic carbocycles. The van der Waals surface area contributed by atoms with Gasteiger partial charge in [-0.3, -0.25) is 14.4 Å². The highest BCUT2D eigenvalue weighted by atomic mass is 16.6. The van der Waals surface area contributed by atoms with E-state index < -0.39 is 6.10 Å². The Bertz CT molecular complexity index is 1890. The Kier molecular flexibility index (Phi) is 64.9. The van der Waals surface area contributed by atoms with Gasteiger partial charge in [-0.1, -0.05) is 274 Å². The summed E-state index contributed by atoms with van der Waals surface area (Å²) in [7, 11) is 0. The van der Waals surface area contributed by atoms with Crippen molar-refractivity contribution in [3.8, 4) is 0 Å². The summed E-state index contributed by atoms with van der Waals surface area (Å²) in [6.07, 6.45) is 102. The Labute approximate surface area is 511 Å². The van der Waals surface area contributed by atoms with E-state index in [-0.39, 0.29) is 31.1 Å². The smallest absolute Gasteiger partial charge is 0.306 e. The van der Waals surface area contributed by atoms with E-state index in [4.69, 9.17) is 14.2 Å². The van der Waals surface area contributed by atoms with Crippen LogP contribution in [0.15, 0.2) is 170 Å². The summed E-state index contributed by atoms with van der Waals surface area (Å²) >= 11 is 0. The van der Waals surface area contributed by atoms with Crippen molar-refractivity contribution in [3.63, 3.8) is 0 Å². The van der Waals surface area contributed by atoms with Gasteiger partial charge in [0.2, 0.25) is 0 Å². The number of hydrogen-bond acceptors (Lipinski definition) is 6. The monoisotopic (exact) mass is 1140 g/mol. The van der Waals surface area contributed by atoms with E-state index in [9.17, 15) is 14.4 Å². The maximum atomic E-state index is 12.9. The van der Waals surface area contributed by atoms with Gasteiger partial charge in [0.15, 0.2) is 6.10 Å². The molecule has 0 rings (SSSR count). The number of carbonyl (C=O) groups is 3. The molecular weight excluding hydrogens is 1020 g/mol. The molecule has 0 radical (unpaired) electrons. The van der Waals surface area contributed by atoms with Gasteiger partial charge in [-0.25, -0.2) is 0 Å². The third-order valence-corrected chi connectivity index (χ3v) is 13.7. The third kappa shape index (κ3) is 67.4. The predicted molar refractivity (Wildman–Crippen MR) is 361 cm³/mol. The number of unbranched alkanes of at least 4 members (excludes halogenated alkanes) is 20. The molecule has 0 heterocycles. The van der Waals surface area contributed by atoms with Crippen molar-refractivity contribution >= 4 is 17.9 Å². The molecule has 6 nitrogen and oxygen atoms in total. The van der Waals surface area contributed by atoms with Gasteiger partial charge in [0.25, 0.3) is 0 Å². The normalized spacial score (nSPS) is 13.2. The molecule has 0 N–H and O–H groups in total. The summed E-state index contributed by atoms with van der Waals surface area (Å²) in [6, 6.07) is 0. The van der Waals surface area contributed by atoms with E-state index in [1.54, 1.807) is 0 Å². The van der Waals surface area contributed by atoms with E-state index in [1.807, 2.05) is 0 Å². The number of carbonyl (C=O) groups excluding carboxylic acids is 3. The van der Waals surface area contributed by atoms with E-state index in [1.165, 1.54) is 64.2 Å². The highest BCUT2D eigenvalue weighted by molar-refractivity contribution is 5.71. The molecule has 0 amide bonds. The molecule has 83 heavy (non-hydrogen) atoms. The van der Waals surface area contributed by atoms with Crippen molar-refractivity contribution in [1.29, 1.82) is 0 Å². The maximum absolute atomic E-state index is 12.9. The second-order valence-corrected chi connectivity index (χ2v) is 21.6. The second kappa shape index (κ2) is 69.3. The van der Waals surface area contributed by atoms with Gasteiger partial charge in [-0.05, 0) is 154 Å². The van der Waals surface area contributed by atoms with Crippen LogP contribution in [0.4, 0.5) is 0 Å². The van der Waals surface area contributed by atoms with E-state index >= 15 is 0 Å². The molecule has 0 aromatic heterocycles. The molecule has 1 atom stereocenters. The largest absolute Gasteiger partial charge is 0.462 e. The van der Waals surface area contributed by atoms with Gasteiger partial charge >= 0.3 is 17.9 Å². The van der Waals surface area contributed by atoms with Crippen LogP contribution < -0.4 is 0 Å². The van der Waals surface area contributed by atoms with Crippen LogP contribution >= 0.6 is 0 Å². The zero-order chi connectivity index (χ0) is 59.9. The lowest BCUT2D eigenvalue weighted by molar-refractivity contribution is -0.167. The molecule has 1 unspecified atom stereocenters. The zero-order valence-corrected chi connectivity index (χ0v) is 53.4. The summed E-state index contributed by atoms with van der Waals surface area (Å²) in [4.78, 5) is 38.3. The van der Waals surface area contributed by atoms with Crippen LogP contribution in [0.1, 0.15) is 278 Å². The number of hydrogen-bond donors (Lipinski definition) is 0. The second-order valence-electron chi connectivity index (χ2n) is 21.6. The fraction of sp³-hybridized carbons (Fsp3) is 0.597. The SMILES string of the molecule is CC/C=C\C/C=C\C/C=C\C/C=C\C/C=C\C/C=C\C/C=C\C/C=C\C/C=C\C/C=C\CCCCCCC(=O)OCC(COC(=O)CCCCCCC/C=C\CCCCCC)OC(=O)CCCCCCCCC/C=C\C/C=C\C/C=C\CC. The Morgan fingerprint density at radius 1 is 0.253 bits per heavy atom. The van der Waals surface area contributed by atoms with E-state index in [2.05, 4.69) is 191 Å². The lowest BCUT2D eigenvalue weighted by Gasteiger charge is -2.18. The van der Waals surface area contributed by atoms with Crippen LogP contribution in [-0.2, 0) is 28.6 Å². The standard InChI is InChI=1S/C77H122O6/c1-4-7-10-13-16-19-22-25-27-29-30-31-32-33-34-35-36-37-38-39-40-41-42-43-44-45-46-48-49-52-55-58-61-64-67-70-76(79)82-73-74(72-81-75(78)69-66-63-60-57-54-51-24-21-18-15-12-9-6-3)83-77(80)71-68-65-62-59-56-53-50-47-28-26-23-20-17-14-11-8-5-2/h7-8,10-11,16-17,19-21,24-28,30-31,33-34,36-37,39-40,42-43,45-46,49,52,74H,4-6,9,12-15,18,22-23,29,32,35,38,41,44,47-48,50-51,53-73H2,1-3H3/b10-7-,11-8-,19-16-,20-17-,24-21-,27-25-,28-26-,31-30-,34-33-,37-36-,40-39-,43-42-,46-45-,52-49-. The Morgan fingerprint density at radius 2 is 0.470 bits per heavy atom. The van der Waals surface area contributed by atoms with E-state index in [0.29, 0.717) is 19.3 Å². The topological polar surface area (TPSA) is 78.9 Å². The molecule has 0 aliphatic heterocycles. The molecule has 0 saturated carbocycles. The third-order valence-electron chi connectivity index (χ3n) is 13.7. The van der Waals surface area contributed by atoms with Gasteiger partial charge in [0.1, 0.15) is 13.2 Å². The highest BCUT2D eigenvalue weighted by Crippen LogP contribution is 2.14. The molecule has 0 spiro atoms. The van der Waals surface area contributed by atoms with Crippen molar-refractivity contribution in [2.45, 2.75) is 284 Å². The molecule has 0 aliphatic rings. The number of esters is 3. The van der Waals surface area contributed by atoms with Crippen molar-refractivity contribution in [2.24, 2.45) is 0 Å². The molecule has 6 heteroatoms. The summed E-state index contributed by atoms with van der Waals surface area (Å²) in [6.45, 7) is 6.36. The fourth-order valence-corrected chi connectivity index (χ4v) is 8.71. The van der Waals surface area contributed by atoms with E-state index in [0.717, 1.165) is 173 Å². The minimum atomic E-state index is -0.806. The van der Waals surface area contributed by atoms with Gasteiger partial charge in [0.05, 0.1) is 0 Å². The average Bonchev–Trinajstić information content (AvgIpc) is 3.49. The first kappa shape index (κ1) is 77.8. The summed E-state index contributed by atoms with van der Waals surface area (Å²) in [5.74, 6) is -0.947. The maximum Gasteiger partial charge on any atom is 0.306 e. The molecule has 466 valence electrons. The zero-order valence-electron chi connectivity index (χ0n) is 53.4. The summed E-state index contributed by atoms with van der Waals surface area (Å²) in [5.41, 5.74) is 0.